The Balaban J connectivity index is 2.02. The maximum atomic E-state index is 13.6. The van der Waals surface area contributed by atoms with E-state index in [1.807, 2.05) is 12.1 Å². The van der Waals surface area contributed by atoms with E-state index in [-0.39, 0.29) is 11.3 Å². The van der Waals surface area contributed by atoms with Crippen LogP contribution in [0.2, 0.25) is 0 Å². The molecular weight excluding hydrogens is 353 g/mol. The van der Waals surface area contributed by atoms with Gasteiger partial charge in [-0.25, -0.2) is 12.8 Å². The second kappa shape index (κ2) is 7.03. The normalized spacial score (nSPS) is 18.2. The maximum Gasteiger partial charge on any atom is 0.258 e. The molecule has 0 unspecified atom stereocenters. The Morgan fingerprint density at radius 3 is 2.38 bits per heavy atom. The quantitative estimate of drug-likeness (QED) is 0.817. The molecule has 1 amide bonds. The van der Waals surface area contributed by atoms with E-state index in [1.54, 1.807) is 12.1 Å². The number of amides is 1. The van der Waals surface area contributed by atoms with Crippen molar-refractivity contribution in [2.24, 2.45) is 0 Å². The molecule has 0 fully saturated rings. The Kier molecular flexibility index (Phi) is 4.96. The maximum absolute atomic E-state index is 13.6. The number of rotatable bonds is 4. The van der Waals surface area contributed by atoms with Crippen LogP contribution < -0.4 is 4.90 Å². The third-order valence-corrected chi connectivity index (χ3v) is 5.75. The monoisotopic (exact) mass is 373 g/mol. The number of hydrogen-bond acceptors (Lipinski definition) is 3. The van der Waals surface area contributed by atoms with E-state index in [0.29, 0.717) is 11.6 Å². The molecule has 0 N–H and O–H groups in total. The van der Waals surface area contributed by atoms with Gasteiger partial charge >= 0.3 is 0 Å². The molecule has 0 bridgehead atoms. The lowest BCUT2D eigenvalue weighted by atomic mass is 10.0. The van der Waals surface area contributed by atoms with E-state index in [0.717, 1.165) is 17.0 Å². The first-order valence-corrected chi connectivity index (χ1v) is 10.1. The minimum atomic E-state index is -3.34. The van der Waals surface area contributed by atoms with Gasteiger partial charge in [0, 0.05) is 16.7 Å². The van der Waals surface area contributed by atoms with E-state index in [4.69, 9.17) is 0 Å². The second-order valence-electron chi connectivity index (χ2n) is 6.66. The molecule has 4 nitrogen and oxygen atoms in total. The van der Waals surface area contributed by atoms with Crippen LogP contribution in [0.5, 0.6) is 0 Å². The number of hydrogen-bond donors (Lipinski definition) is 0. The van der Waals surface area contributed by atoms with Crippen molar-refractivity contribution in [1.82, 2.24) is 0 Å². The first-order chi connectivity index (χ1) is 12.3. The average molecular weight is 373 g/mol. The first-order valence-electron chi connectivity index (χ1n) is 8.37. The molecule has 2 aromatic carbocycles. The van der Waals surface area contributed by atoms with Crippen molar-refractivity contribution in [3.05, 3.63) is 77.0 Å². The van der Waals surface area contributed by atoms with Gasteiger partial charge in [0.05, 0.1) is 11.8 Å². The molecule has 0 spiro atoms. The molecule has 0 aromatic heterocycles. The van der Waals surface area contributed by atoms with Gasteiger partial charge in [-0.05, 0) is 47.9 Å². The summed E-state index contributed by atoms with van der Waals surface area (Å²) in [7, 11) is -3.34. The van der Waals surface area contributed by atoms with Gasteiger partial charge in [-0.15, -0.1) is 0 Å². The van der Waals surface area contributed by atoms with Crippen LogP contribution in [0.1, 0.15) is 35.7 Å². The summed E-state index contributed by atoms with van der Waals surface area (Å²) in [5.74, 6) is -0.794. The first kappa shape index (κ1) is 18.3. The Morgan fingerprint density at radius 2 is 1.85 bits per heavy atom. The SMILES string of the molecule is CC(C)c1ccc(N(C(=O)c2cccc(F)c2)[C@H]2C=CS(=O)(=O)C2)cc1. The molecule has 1 heterocycles. The van der Waals surface area contributed by atoms with E-state index < -0.39 is 27.6 Å². The molecule has 26 heavy (non-hydrogen) atoms. The topological polar surface area (TPSA) is 54.5 Å². The molecule has 1 aliphatic rings. The number of nitrogens with zero attached hydrogens (tertiary/aromatic N) is 1. The predicted octanol–water partition coefficient (Wildman–Crippen LogP) is 3.91. The molecule has 3 rings (SSSR count). The smallest absolute Gasteiger partial charge is 0.258 e. The van der Waals surface area contributed by atoms with Gasteiger partial charge in [0.2, 0.25) is 0 Å². The van der Waals surface area contributed by atoms with Crippen molar-refractivity contribution in [2.45, 2.75) is 25.8 Å². The van der Waals surface area contributed by atoms with Crippen molar-refractivity contribution in [1.29, 1.82) is 0 Å². The number of benzene rings is 2. The standard InChI is InChI=1S/C20H20FNO3S/c1-14(2)15-6-8-18(9-7-15)22(19-10-11-26(24,25)13-19)20(23)16-4-3-5-17(21)12-16/h3-12,14,19H,13H2,1-2H3/t19-/m0/s1. The highest BCUT2D eigenvalue weighted by Gasteiger charge is 2.32. The fraction of sp³-hybridized carbons (Fsp3) is 0.250. The lowest BCUT2D eigenvalue weighted by Gasteiger charge is -2.28. The van der Waals surface area contributed by atoms with Crippen molar-refractivity contribution in [3.63, 3.8) is 0 Å². The van der Waals surface area contributed by atoms with Gasteiger partial charge in [-0.2, -0.15) is 0 Å². The number of anilines is 1. The van der Waals surface area contributed by atoms with Crippen LogP contribution in [-0.4, -0.2) is 26.1 Å². The predicted molar refractivity (Wildman–Crippen MR) is 100 cm³/mol. The molecular formula is C20H20FNO3S. The van der Waals surface area contributed by atoms with Crippen LogP contribution in [0.25, 0.3) is 0 Å². The Labute approximate surface area is 152 Å². The van der Waals surface area contributed by atoms with Crippen LogP contribution in [0.3, 0.4) is 0 Å². The zero-order chi connectivity index (χ0) is 18.9. The van der Waals surface area contributed by atoms with Crippen LogP contribution in [0.15, 0.2) is 60.0 Å². The van der Waals surface area contributed by atoms with Crippen molar-refractivity contribution >= 4 is 21.4 Å². The summed E-state index contributed by atoms with van der Waals surface area (Å²) in [4.78, 5) is 14.5. The summed E-state index contributed by atoms with van der Waals surface area (Å²) >= 11 is 0. The number of sulfone groups is 1. The molecule has 0 aliphatic carbocycles. The zero-order valence-electron chi connectivity index (χ0n) is 14.6. The largest absolute Gasteiger partial charge is 0.300 e. The highest BCUT2D eigenvalue weighted by molar-refractivity contribution is 7.94. The van der Waals surface area contributed by atoms with Crippen molar-refractivity contribution in [3.8, 4) is 0 Å². The lowest BCUT2D eigenvalue weighted by Crippen LogP contribution is -2.41. The highest BCUT2D eigenvalue weighted by atomic mass is 32.2. The van der Waals surface area contributed by atoms with Crippen molar-refractivity contribution < 1.29 is 17.6 Å². The zero-order valence-corrected chi connectivity index (χ0v) is 15.4. The third-order valence-electron chi connectivity index (χ3n) is 4.37. The Morgan fingerprint density at radius 1 is 1.15 bits per heavy atom. The molecule has 6 heteroatoms. The summed E-state index contributed by atoms with van der Waals surface area (Å²) in [5, 5.41) is 1.13. The lowest BCUT2D eigenvalue weighted by molar-refractivity contribution is 0.0982. The number of halogens is 1. The van der Waals surface area contributed by atoms with Crippen LogP contribution in [0.4, 0.5) is 10.1 Å². The van der Waals surface area contributed by atoms with Gasteiger partial charge in [0.1, 0.15) is 5.82 Å². The summed E-state index contributed by atoms with van der Waals surface area (Å²) < 4.78 is 37.3. The van der Waals surface area contributed by atoms with Gasteiger partial charge in [-0.3, -0.25) is 4.79 Å². The van der Waals surface area contributed by atoms with Crippen molar-refractivity contribution in [2.75, 3.05) is 10.7 Å². The summed E-state index contributed by atoms with van der Waals surface area (Å²) in [6.45, 7) is 4.13. The molecule has 0 saturated heterocycles. The van der Waals surface area contributed by atoms with Crippen LogP contribution >= 0.6 is 0 Å². The number of carbonyl (C=O) groups is 1. The van der Waals surface area contributed by atoms with Gasteiger partial charge < -0.3 is 4.90 Å². The van der Waals surface area contributed by atoms with E-state index >= 15 is 0 Å². The minimum absolute atomic E-state index is 0.177. The molecule has 2 aromatic rings. The van der Waals surface area contributed by atoms with Gasteiger partial charge in [0.25, 0.3) is 5.91 Å². The van der Waals surface area contributed by atoms with Crippen LogP contribution in [0, 0.1) is 5.82 Å². The average Bonchev–Trinajstić information content (AvgIpc) is 2.95. The highest BCUT2D eigenvalue weighted by Crippen LogP contribution is 2.27. The number of carbonyl (C=O) groups excluding carboxylic acids is 1. The van der Waals surface area contributed by atoms with Crippen LogP contribution in [-0.2, 0) is 9.84 Å². The fourth-order valence-corrected chi connectivity index (χ4v) is 4.23. The van der Waals surface area contributed by atoms with Gasteiger partial charge in [0.15, 0.2) is 9.84 Å². The summed E-state index contributed by atoms with van der Waals surface area (Å²) in [6, 6.07) is 12.2. The van der Waals surface area contributed by atoms with E-state index in [2.05, 4.69) is 13.8 Å². The fourth-order valence-electron chi connectivity index (χ4n) is 2.96. The molecule has 0 saturated carbocycles. The Bertz CT molecular complexity index is 949. The molecule has 1 aliphatic heterocycles. The summed E-state index contributed by atoms with van der Waals surface area (Å²) in [6.07, 6.45) is 1.50. The third kappa shape index (κ3) is 3.85. The summed E-state index contributed by atoms with van der Waals surface area (Å²) in [5.41, 5.74) is 1.87. The van der Waals surface area contributed by atoms with Gasteiger partial charge in [-0.1, -0.05) is 32.0 Å². The van der Waals surface area contributed by atoms with E-state index in [1.165, 1.54) is 29.2 Å². The molecule has 0 radical (unpaired) electrons. The Hall–Kier alpha value is -2.47. The second-order valence-corrected chi connectivity index (χ2v) is 8.59. The molecule has 136 valence electrons. The van der Waals surface area contributed by atoms with E-state index in [9.17, 15) is 17.6 Å². The molecule has 1 atom stereocenters. The minimum Gasteiger partial charge on any atom is -0.300 e.